The third-order valence-corrected chi connectivity index (χ3v) is 4.78. The van der Waals surface area contributed by atoms with Crippen LogP contribution < -0.4 is 0 Å². The molecule has 1 unspecified atom stereocenters. The van der Waals surface area contributed by atoms with Crippen molar-refractivity contribution < 1.29 is 14.6 Å². The van der Waals surface area contributed by atoms with Crippen LogP contribution in [0.4, 0.5) is 0 Å². The SMILES string of the molecule is CC(C)(C)OCC(O)CN1CCC(CN2CCCCC2=O)CC1. The van der Waals surface area contributed by atoms with Gasteiger partial charge in [0.25, 0.3) is 0 Å². The number of hydrogen-bond acceptors (Lipinski definition) is 4. The summed E-state index contributed by atoms with van der Waals surface area (Å²) in [7, 11) is 0. The molecule has 0 aromatic carbocycles. The number of hydrogen-bond donors (Lipinski definition) is 1. The van der Waals surface area contributed by atoms with Gasteiger partial charge in [0.15, 0.2) is 0 Å². The summed E-state index contributed by atoms with van der Waals surface area (Å²) in [5.41, 5.74) is -0.199. The van der Waals surface area contributed by atoms with Gasteiger partial charge in [-0.1, -0.05) is 0 Å². The van der Waals surface area contributed by atoms with E-state index < -0.39 is 6.10 Å². The Kier molecular flexibility index (Phi) is 6.86. The number of likely N-dealkylation sites (tertiary alicyclic amines) is 2. The number of carbonyl (C=O) groups is 1. The number of aliphatic hydroxyl groups excluding tert-OH is 1. The Balaban J connectivity index is 1.64. The first kappa shape index (κ1) is 18.7. The lowest BCUT2D eigenvalue weighted by molar-refractivity contribution is -0.134. The quantitative estimate of drug-likeness (QED) is 0.810. The van der Waals surface area contributed by atoms with Crippen LogP contribution in [0.3, 0.4) is 0 Å². The van der Waals surface area contributed by atoms with Gasteiger partial charge in [0.1, 0.15) is 0 Å². The van der Waals surface area contributed by atoms with Gasteiger partial charge in [0.05, 0.1) is 18.3 Å². The van der Waals surface area contributed by atoms with Crippen molar-refractivity contribution in [1.82, 2.24) is 9.80 Å². The fraction of sp³-hybridized carbons (Fsp3) is 0.944. The summed E-state index contributed by atoms with van der Waals surface area (Å²) in [5, 5.41) is 10.1. The van der Waals surface area contributed by atoms with Gasteiger partial charge < -0.3 is 19.6 Å². The zero-order valence-electron chi connectivity index (χ0n) is 15.1. The third kappa shape index (κ3) is 6.77. The molecule has 2 saturated heterocycles. The molecule has 0 radical (unpaired) electrons. The molecule has 2 aliphatic heterocycles. The molecule has 0 aromatic rings. The van der Waals surface area contributed by atoms with Crippen LogP contribution in [0, 0.1) is 5.92 Å². The monoisotopic (exact) mass is 326 g/mol. The molecule has 2 rings (SSSR count). The van der Waals surface area contributed by atoms with Crippen molar-refractivity contribution >= 4 is 5.91 Å². The molecule has 5 heteroatoms. The first-order valence-electron chi connectivity index (χ1n) is 9.15. The zero-order valence-corrected chi connectivity index (χ0v) is 15.1. The molecule has 134 valence electrons. The van der Waals surface area contributed by atoms with Crippen molar-refractivity contribution in [2.75, 3.05) is 39.3 Å². The van der Waals surface area contributed by atoms with Crippen molar-refractivity contribution in [2.24, 2.45) is 5.92 Å². The van der Waals surface area contributed by atoms with E-state index in [2.05, 4.69) is 9.80 Å². The summed E-state index contributed by atoms with van der Waals surface area (Å²) in [4.78, 5) is 16.3. The van der Waals surface area contributed by atoms with Crippen LogP contribution in [0.2, 0.25) is 0 Å². The Hall–Kier alpha value is -0.650. The lowest BCUT2D eigenvalue weighted by Crippen LogP contribution is -2.45. The fourth-order valence-corrected chi connectivity index (χ4v) is 3.42. The van der Waals surface area contributed by atoms with Gasteiger partial charge in [-0.15, -0.1) is 0 Å². The number of ether oxygens (including phenoxy) is 1. The first-order chi connectivity index (χ1) is 10.8. The van der Waals surface area contributed by atoms with Crippen molar-refractivity contribution in [2.45, 2.75) is 64.6 Å². The van der Waals surface area contributed by atoms with E-state index in [1.165, 1.54) is 0 Å². The maximum atomic E-state index is 11.9. The highest BCUT2D eigenvalue weighted by Gasteiger charge is 2.26. The molecule has 23 heavy (non-hydrogen) atoms. The van der Waals surface area contributed by atoms with Gasteiger partial charge in [-0.2, -0.15) is 0 Å². The summed E-state index contributed by atoms with van der Waals surface area (Å²) < 4.78 is 5.65. The average Bonchev–Trinajstić information content (AvgIpc) is 2.49. The van der Waals surface area contributed by atoms with E-state index in [4.69, 9.17) is 4.74 Å². The molecule has 1 atom stereocenters. The maximum Gasteiger partial charge on any atom is 0.222 e. The van der Waals surface area contributed by atoms with Gasteiger partial charge in [0, 0.05) is 26.1 Å². The molecule has 5 nitrogen and oxygen atoms in total. The lowest BCUT2D eigenvalue weighted by atomic mass is 9.95. The number of piperidine rings is 2. The second kappa shape index (κ2) is 8.45. The topological polar surface area (TPSA) is 53.0 Å². The lowest BCUT2D eigenvalue weighted by Gasteiger charge is -2.37. The summed E-state index contributed by atoms with van der Waals surface area (Å²) in [6, 6.07) is 0. The van der Waals surface area contributed by atoms with Gasteiger partial charge in [0.2, 0.25) is 5.91 Å². The van der Waals surface area contributed by atoms with Gasteiger partial charge in [-0.25, -0.2) is 0 Å². The predicted octanol–water partition coefficient (Wildman–Crippen LogP) is 1.89. The minimum Gasteiger partial charge on any atom is -0.389 e. The number of nitrogens with zero attached hydrogens (tertiary/aromatic N) is 2. The van der Waals surface area contributed by atoms with Crippen molar-refractivity contribution in [3.05, 3.63) is 0 Å². The fourth-order valence-electron chi connectivity index (χ4n) is 3.42. The normalized spacial score (nSPS) is 23.3. The summed E-state index contributed by atoms with van der Waals surface area (Å²) in [5.74, 6) is 0.963. The van der Waals surface area contributed by atoms with E-state index in [0.717, 1.165) is 58.3 Å². The van der Waals surface area contributed by atoms with Crippen LogP contribution >= 0.6 is 0 Å². The van der Waals surface area contributed by atoms with Crippen LogP contribution in [0.5, 0.6) is 0 Å². The number of carbonyl (C=O) groups excluding carboxylic acids is 1. The van der Waals surface area contributed by atoms with E-state index in [1.54, 1.807) is 0 Å². The first-order valence-corrected chi connectivity index (χ1v) is 9.15. The van der Waals surface area contributed by atoms with Crippen LogP contribution in [0.25, 0.3) is 0 Å². The summed E-state index contributed by atoms with van der Waals surface area (Å²) in [6.07, 6.45) is 4.77. The van der Waals surface area contributed by atoms with Crippen LogP contribution in [-0.4, -0.2) is 71.8 Å². The molecule has 0 spiro atoms. The Morgan fingerprint density at radius 3 is 2.52 bits per heavy atom. The largest absolute Gasteiger partial charge is 0.389 e. The standard InChI is InChI=1S/C18H34N2O3/c1-18(2,3)23-14-16(21)13-19-10-7-15(8-11-19)12-20-9-5-4-6-17(20)22/h15-16,21H,4-14H2,1-3H3. The van der Waals surface area contributed by atoms with Crippen molar-refractivity contribution in [3.63, 3.8) is 0 Å². The minimum atomic E-state index is -0.422. The van der Waals surface area contributed by atoms with Crippen LogP contribution in [-0.2, 0) is 9.53 Å². The number of amides is 1. The molecule has 0 saturated carbocycles. The number of β-amino-alcohol motifs (C(OH)–C–C–N with tert-alkyl or cyclic N) is 1. The highest BCUT2D eigenvalue weighted by molar-refractivity contribution is 5.76. The Morgan fingerprint density at radius 2 is 1.91 bits per heavy atom. The summed E-state index contributed by atoms with van der Waals surface area (Å²) in [6.45, 7) is 11.0. The number of aliphatic hydroxyl groups is 1. The molecular formula is C18H34N2O3. The smallest absolute Gasteiger partial charge is 0.222 e. The van der Waals surface area contributed by atoms with E-state index >= 15 is 0 Å². The van der Waals surface area contributed by atoms with E-state index in [1.807, 2.05) is 20.8 Å². The Morgan fingerprint density at radius 1 is 1.22 bits per heavy atom. The molecule has 0 aliphatic carbocycles. The van der Waals surface area contributed by atoms with Gasteiger partial charge >= 0.3 is 0 Å². The average molecular weight is 326 g/mol. The molecular weight excluding hydrogens is 292 g/mol. The number of rotatable bonds is 6. The maximum absolute atomic E-state index is 11.9. The molecule has 2 heterocycles. The highest BCUT2D eigenvalue weighted by Crippen LogP contribution is 2.21. The van der Waals surface area contributed by atoms with Crippen molar-refractivity contribution in [1.29, 1.82) is 0 Å². The molecule has 0 aromatic heterocycles. The Labute approximate surface area is 141 Å². The molecule has 2 fully saturated rings. The van der Waals surface area contributed by atoms with E-state index in [9.17, 15) is 9.90 Å². The highest BCUT2D eigenvalue weighted by atomic mass is 16.5. The Bertz CT molecular complexity index is 373. The molecule has 1 N–H and O–H groups in total. The van der Waals surface area contributed by atoms with Crippen LogP contribution in [0.1, 0.15) is 52.9 Å². The zero-order chi connectivity index (χ0) is 16.9. The molecule has 1 amide bonds. The van der Waals surface area contributed by atoms with E-state index in [-0.39, 0.29) is 5.60 Å². The van der Waals surface area contributed by atoms with Gasteiger partial charge in [-0.05, 0) is 65.5 Å². The second-order valence-corrected chi connectivity index (χ2v) is 8.12. The second-order valence-electron chi connectivity index (χ2n) is 8.12. The third-order valence-electron chi connectivity index (χ3n) is 4.78. The minimum absolute atomic E-state index is 0.199. The molecule has 2 aliphatic rings. The predicted molar refractivity (Wildman–Crippen MR) is 91.3 cm³/mol. The van der Waals surface area contributed by atoms with E-state index in [0.29, 0.717) is 25.0 Å². The van der Waals surface area contributed by atoms with Gasteiger partial charge in [-0.3, -0.25) is 4.79 Å². The van der Waals surface area contributed by atoms with Crippen LogP contribution in [0.15, 0.2) is 0 Å². The molecule has 0 bridgehead atoms. The summed E-state index contributed by atoms with van der Waals surface area (Å²) >= 11 is 0. The van der Waals surface area contributed by atoms with Crippen molar-refractivity contribution in [3.8, 4) is 0 Å².